The third-order valence-corrected chi connectivity index (χ3v) is 20.1. The van der Waals surface area contributed by atoms with Crippen LogP contribution in [0.2, 0.25) is 0 Å². The number of aliphatic hydroxyl groups excluding tert-OH is 1. The number of unbranched alkanes of at least 4 members (excludes halogenated alkanes) is 47. The van der Waals surface area contributed by atoms with Gasteiger partial charge in [-0.15, -0.1) is 0 Å². The average molecular weight is 1450 g/mol. The number of carbonyl (C=O) groups is 4. The Morgan fingerprint density at radius 2 is 0.545 bits per heavy atom. The molecular formula is C80H152O17P2. The van der Waals surface area contributed by atoms with E-state index in [1.807, 2.05) is 0 Å². The number of esters is 4. The average Bonchev–Trinajstić information content (AvgIpc) is 1.17. The predicted molar refractivity (Wildman–Crippen MR) is 404 cm³/mol. The van der Waals surface area contributed by atoms with Crippen LogP contribution < -0.4 is 0 Å². The molecule has 3 N–H and O–H groups in total. The van der Waals surface area contributed by atoms with Gasteiger partial charge in [-0.3, -0.25) is 37.3 Å². The highest BCUT2D eigenvalue weighted by molar-refractivity contribution is 7.47. The van der Waals surface area contributed by atoms with E-state index in [9.17, 15) is 43.2 Å². The number of allylic oxidation sites excluding steroid dienone is 4. The van der Waals surface area contributed by atoms with E-state index in [0.29, 0.717) is 25.7 Å². The monoisotopic (exact) mass is 1450 g/mol. The van der Waals surface area contributed by atoms with E-state index in [1.54, 1.807) is 0 Å². The molecule has 0 aliphatic carbocycles. The SMILES string of the molecule is CCCCCC/C=C\C=C/CCCCCCCC(=O)OC[C@H](COP(=O)(O)OC[C@@H](O)COP(=O)(O)OC[C@@H](COC(=O)CCCCCCCCCCCCCC)OC(=O)CCCCCCCCCCCCCCC(C)C)OC(=O)CCCCCCCCCCCCCCCCCCC. The van der Waals surface area contributed by atoms with Gasteiger partial charge in [-0.25, -0.2) is 9.13 Å². The van der Waals surface area contributed by atoms with Crippen LogP contribution in [0, 0.1) is 5.92 Å². The number of hydrogen-bond donors (Lipinski definition) is 3. The van der Waals surface area contributed by atoms with Crippen molar-refractivity contribution in [2.75, 3.05) is 39.6 Å². The van der Waals surface area contributed by atoms with E-state index >= 15 is 0 Å². The number of hydrogen-bond acceptors (Lipinski definition) is 15. The van der Waals surface area contributed by atoms with Gasteiger partial charge in [0, 0.05) is 25.7 Å². The smallest absolute Gasteiger partial charge is 0.462 e. The quantitative estimate of drug-likeness (QED) is 0.0169. The van der Waals surface area contributed by atoms with Crippen molar-refractivity contribution in [3.63, 3.8) is 0 Å². The van der Waals surface area contributed by atoms with Crippen LogP contribution in [-0.2, 0) is 65.4 Å². The molecule has 0 aromatic heterocycles. The minimum atomic E-state index is -4.97. The number of aliphatic hydroxyl groups is 1. The molecule has 0 aromatic rings. The van der Waals surface area contributed by atoms with E-state index in [2.05, 4.69) is 58.9 Å². The third kappa shape index (κ3) is 73.6. The maximum Gasteiger partial charge on any atom is 0.472 e. The summed E-state index contributed by atoms with van der Waals surface area (Å²) in [6.07, 6.45) is 65.8. The summed E-state index contributed by atoms with van der Waals surface area (Å²) in [5, 5.41) is 10.6. The van der Waals surface area contributed by atoms with Crippen LogP contribution in [0.4, 0.5) is 0 Å². The summed E-state index contributed by atoms with van der Waals surface area (Å²) in [4.78, 5) is 73.0. The number of ether oxygens (including phenoxy) is 4. The predicted octanol–water partition coefficient (Wildman–Crippen LogP) is 23.6. The molecule has 0 bridgehead atoms. The summed E-state index contributed by atoms with van der Waals surface area (Å²) >= 11 is 0. The van der Waals surface area contributed by atoms with Gasteiger partial charge in [-0.2, -0.15) is 0 Å². The Morgan fingerprint density at radius 1 is 0.313 bits per heavy atom. The van der Waals surface area contributed by atoms with Gasteiger partial charge in [-0.05, 0) is 57.3 Å². The van der Waals surface area contributed by atoms with Crippen molar-refractivity contribution in [1.82, 2.24) is 0 Å². The van der Waals surface area contributed by atoms with Crippen molar-refractivity contribution >= 4 is 39.5 Å². The number of rotatable bonds is 78. The molecule has 0 saturated carbocycles. The van der Waals surface area contributed by atoms with Gasteiger partial charge in [-0.1, -0.05) is 348 Å². The topological polar surface area (TPSA) is 237 Å². The van der Waals surface area contributed by atoms with Gasteiger partial charge in [0.15, 0.2) is 12.2 Å². The lowest BCUT2D eigenvalue weighted by Crippen LogP contribution is -2.30. The van der Waals surface area contributed by atoms with E-state index in [4.69, 9.17) is 37.0 Å². The zero-order valence-electron chi connectivity index (χ0n) is 64.1. The molecule has 99 heavy (non-hydrogen) atoms. The third-order valence-electron chi connectivity index (χ3n) is 18.2. The highest BCUT2D eigenvalue weighted by Crippen LogP contribution is 2.45. The summed E-state index contributed by atoms with van der Waals surface area (Å²) in [6, 6.07) is 0. The molecule has 0 heterocycles. The molecule has 5 atom stereocenters. The molecule has 0 fully saturated rings. The molecule has 19 heteroatoms. The second-order valence-electron chi connectivity index (χ2n) is 28.6. The Labute approximate surface area is 605 Å². The van der Waals surface area contributed by atoms with E-state index < -0.39 is 97.5 Å². The largest absolute Gasteiger partial charge is 0.472 e. The van der Waals surface area contributed by atoms with Crippen molar-refractivity contribution in [3.8, 4) is 0 Å². The fourth-order valence-corrected chi connectivity index (χ4v) is 13.4. The molecule has 0 amide bonds. The molecule has 0 aliphatic rings. The van der Waals surface area contributed by atoms with Gasteiger partial charge < -0.3 is 33.8 Å². The zero-order valence-corrected chi connectivity index (χ0v) is 65.9. The normalized spacial score (nSPS) is 14.0. The summed E-state index contributed by atoms with van der Waals surface area (Å²) in [5.74, 6) is -1.36. The molecule has 0 radical (unpaired) electrons. The van der Waals surface area contributed by atoms with Crippen LogP contribution in [0.15, 0.2) is 24.3 Å². The first-order valence-electron chi connectivity index (χ1n) is 41.0. The van der Waals surface area contributed by atoms with Crippen molar-refractivity contribution < 1.29 is 80.2 Å². The first-order valence-corrected chi connectivity index (χ1v) is 43.9. The van der Waals surface area contributed by atoms with Gasteiger partial charge in [0.2, 0.25) is 0 Å². The number of carbonyl (C=O) groups excluding carboxylic acids is 4. The maximum absolute atomic E-state index is 13.1. The molecule has 17 nitrogen and oxygen atoms in total. The van der Waals surface area contributed by atoms with E-state index in [1.165, 1.54) is 205 Å². The fraction of sp³-hybridized carbons (Fsp3) is 0.900. The molecular weight excluding hydrogens is 1290 g/mol. The lowest BCUT2D eigenvalue weighted by molar-refractivity contribution is -0.161. The molecule has 0 rings (SSSR count). The Kier molecular flexibility index (Phi) is 70.7. The van der Waals surface area contributed by atoms with Crippen LogP contribution >= 0.6 is 15.6 Å². The number of phosphoric acid groups is 2. The van der Waals surface area contributed by atoms with Crippen molar-refractivity contribution in [1.29, 1.82) is 0 Å². The molecule has 2 unspecified atom stereocenters. The first-order chi connectivity index (χ1) is 48.0. The highest BCUT2D eigenvalue weighted by atomic mass is 31.2. The van der Waals surface area contributed by atoms with Crippen molar-refractivity contribution in [2.24, 2.45) is 5.92 Å². The Bertz CT molecular complexity index is 1990. The zero-order chi connectivity index (χ0) is 72.7. The summed E-state index contributed by atoms with van der Waals surface area (Å²) in [7, 11) is -9.93. The van der Waals surface area contributed by atoms with Gasteiger partial charge in [0.25, 0.3) is 0 Å². The minimum Gasteiger partial charge on any atom is -0.462 e. The molecule has 0 spiro atoms. The Hall–Kier alpha value is -2.46. The fourth-order valence-electron chi connectivity index (χ4n) is 11.9. The van der Waals surface area contributed by atoms with E-state index in [0.717, 1.165) is 115 Å². The lowest BCUT2D eigenvalue weighted by atomic mass is 10.0. The second kappa shape index (κ2) is 72.5. The van der Waals surface area contributed by atoms with Gasteiger partial charge >= 0.3 is 39.5 Å². The summed E-state index contributed by atoms with van der Waals surface area (Å²) in [5.41, 5.74) is 0. The Balaban J connectivity index is 5.30. The second-order valence-corrected chi connectivity index (χ2v) is 31.5. The van der Waals surface area contributed by atoms with Gasteiger partial charge in [0.1, 0.15) is 19.3 Å². The van der Waals surface area contributed by atoms with Crippen LogP contribution in [0.1, 0.15) is 401 Å². The van der Waals surface area contributed by atoms with Gasteiger partial charge in [0.05, 0.1) is 26.4 Å². The van der Waals surface area contributed by atoms with Crippen LogP contribution in [0.25, 0.3) is 0 Å². The highest BCUT2D eigenvalue weighted by Gasteiger charge is 2.30. The first kappa shape index (κ1) is 96.5. The molecule has 0 aromatic carbocycles. The molecule has 584 valence electrons. The lowest BCUT2D eigenvalue weighted by Gasteiger charge is -2.21. The van der Waals surface area contributed by atoms with Crippen molar-refractivity contribution in [3.05, 3.63) is 24.3 Å². The molecule has 0 aliphatic heterocycles. The number of phosphoric ester groups is 2. The van der Waals surface area contributed by atoms with Crippen molar-refractivity contribution in [2.45, 2.75) is 419 Å². The van der Waals surface area contributed by atoms with Crippen LogP contribution in [0.5, 0.6) is 0 Å². The minimum absolute atomic E-state index is 0.102. The maximum atomic E-state index is 13.1. The summed E-state index contributed by atoms with van der Waals surface area (Å²) in [6.45, 7) is 7.27. The van der Waals surface area contributed by atoms with Crippen LogP contribution in [0.3, 0.4) is 0 Å². The summed E-state index contributed by atoms with van der Waals surface area (Å²) < 4.78 is 68.7. The Morgan fingerprint density at radius 3 is 0.828 bits per heavy atom. The van der Waals surface area contributed by atoms with E-state index in [-0.39, 0.29) is 25.7 Å². The molecule has 0 saturated heterocycles. The standard InChI is InChI=1S/C80H152O17P2/c1-6-9-12-15-18-21-24-27-29-30-32-34-40-45-50-55-60-65-79(84)96-76(70-91-78(83)64-59-54-49-44-39-33-31-28-25-22-19-16-13-10-7-2)72-95-99(88,89)93-68-74(81)67-92-98(86,87)94-71-75(69-90-77(82)63-58-53-48-43-38-26-23-20-17-14-11-8-3)97-80(85)66-61-56-51-46-41-36-35-37-42-47-52-57-62-73(4)5/h22,25,28,31,73-76,81H,6-21,23-24,26-27,29-30,32-72H2,1-5H3,(H,86,87)(H,88,89)/b25-22-,31-28-/t74-,75+,76+/m0/s1. The van der Waals surface area contributed by atoms with Crippen LogP contribution in [-0.4, -0.2) is 96.7 Å².